The van der Waals surface area contributed by atoms with Gasteiger partial charge in [-0.05, 0) is 51.2 Å². The van der Waals surface area contributed by atoms with Gasteiger partial charge in [0.25, 0.3) is 0 Å². The molecule has 1 saturated carbocycles. The van der Waals surface area contributed by atoms with Gasteiger partial charge in [-0.15, -0.1) is 0 Å². The van der Waals surface area contributed by atoms with Crippen molar-refractivity contribution in [3.63, 3.8) is 0 Å². The van der Waals surface area contributed by atoms with Crippen molar-refractivity contribution < 1.29 is 13.2 Å². The number of rotatable bonds is 3. The molecule has 1 atom stereocenters. The maximum Gasteiger partial charge on any atom is 0.433 e. The average Bonchev–Trinajstić information content (AvgIpc) is 3.30. The van der Waals surface area contributed by atoms with E-state index in [2.05, 4.69) is 20.6 Å². The van der Waals surface area contributed by atoms with Gasteiger partial charge >= 0.3 is 6.18 Å². The molecule has 1 saturated heterocycles. The van der Waals surface area contributed by atoms with Gasteiger partial charge in [-0.2, -0.15) is 18.2 Å². The quantitative estimate of drug-likeness (QED) is 0.808. The summed E-state index contributed by atoms with van der Waals surface area (Å²) in [7, 11) is 0. The van der Waals surface area contributed by atoms with Crippen LogP contribution in [0.3, 0.4) is 0 Å². The highest BCUT2D eigenvalue weighted by Gasteiger charge is 2.35. The Balaban J connectivity index is 1.86. The fraction of sp³-hybridized carbons (Fsp3) is 0.667. The first-order valence-electron chi connectivity index (χ1n) is 8.13. The predicted molar refractivity (Wildman–Crippen MR) is 90.1 cm³/mol. The minimum absolute atomic E-state index is 0.115. The number of piperidine rings is 1. The molecule has 132 valence electrons. The third kappa shape index (κ3) is 4.25. The average molecular weight is 359 g/mol. The van der Waals surface area contributed by atoms with E-state index in [1.807, 2.05) is 11.8 Å². The van der Waals surface area contributed by atoms with Crippen molar-refractivity contribution in [2.45, 2.75) is 57.3 Å². The van der Waals surface area contributed by atoms with Gasteiger partial charge in [-0.1, -0.05) is 0 Å². The number of anilines is 2. The molecule has 2 aliphatic rings. The van der Waals surface area contributed by atoms with E-state index in [9.17, 15) is 13.2 Å². The number of hydrogen-bond acceptors (Lipinski definition) is 4. The lowest BCUT2D eigenvalue weighted by Crippen LogP contribution is -2.38. The summed E-state index contributed by atoms with van der Waals surface area (Å²) in [5, 5.41) is 5.96. The lowest BCUT2D eigenvalue weighted by molar-refractivity contribution is -0.141. The van der Waals surface area contributed by atoms with Gasteiger partial charge in [-0.25, -0.2) is 4.98 Å². The van der Waals surface area contributed by atoms with Crippen LogP contribution in [0.25, 0.3) is 0 Å². The molecule has 1 aromatic rings. The molecule has 0 spiro atoms. The number of nitrogens with zero attached hydrogens (tertiary/aromatic N) is 3. The highest BCUT2D eigenvalue weighted by atomic mass is 32.1. The summed E-state index contributed by atoms with van der Waals surface area (Å²) in [6, 6.07) is 1.47. The van der Waals surface area contributed by atoms with Crippen LogP contribution in [0, 0.1) is 0 Å². The van der Waals surface area contributed by atoms with Crippen molar-refractivity contribution in [1.29, 1.82) is 0 Å². The molecule has 1 unspecified atom stereocenters. The fourth-order valence-electron chi connectivity index (χ4n) is 2.77. The molecule has 0 aromatic carbocycles. The molecule has 5 nitrogen and oxygen atoms in total. The first kappa shape index (κ1) is 17.2. The Bertz CT molecular complexity index is 618. The van der Waals surface area contributed by atoms with E-state index in [1.165, 1.54) is 0 Å². The molecule has 0 bridgehead atoms. The first-order chi connectivity index (χ1) is 11.3. The molecular formula is C15H20F3N5S. The van der Waals surface area contributed by atoms with Gasteiger partial charge in [0.05, 0.1) is 0 Å². The second kappa shape index (κ2) is 6.70. The zero-order valence-electron chi connectivity index (χ0n) is 13.4. The topological polar surface area (TPSA) is 53.1 Å². The molecule has 1 aliphatic heterocycles. The number of alkyl halides is 3. The summed E-state index contributed by atoms with van der Waals surface area (Å²) < 4.78 is 39.6. The van der Waals surface area contributed by atoms with E-state index in [-0.39, 0.29) is 17.1 Å². The first-order valence-corrected chi connectivity index (χ1v) is 8.54. The van der Waals surface area contributed by atoms with Crippen LogP contribution in [-0.4, -0.2) is 33.7 Å². The standard InChI is InChI=1S/C15H20F3N5S/c1-9-4-2-3-7-23(9)12-8-11(15(16,17)18)20-13(21-12)22-14(24)19-10-5-6-10/h8-10H,2-7H2,1H3,(H2,19,20,21,22,24). The van der Waals surface area contributed by atoms with Crippen molar-refractivity contribution in [1.82, 2.24) is 15.3 Å². The van der Waals surface area contributed by atoms with Crippen LogP contribution in [0.1, 0.15) is 44.7 Å². The van der Waals surface area contributed by atoms with Crippen molar-refractivity contribution in [2.24, 2.45) is 0 Å². The van der Waals surface area contributed by atoms with Crippen LogP contribution in [0.5, 0.6) is 0 Å². The molecular weight excluding hydrogens is 339 g/mol. The lowest BCUT2D eigenvalue weighted by atomic mass is 10.0. The Morgan fingerprint density at radius 1 is 1.25 bits per heavy atom. The zero-order chi connectivity index (χ0) is 17.3. The van der Waals surface area contributed by atoms with E-state index in [0.717, 1.165) is 38.2 Å². The minimum atomic E-state index is -4.53. The van der Waals surface area contributed by atoms with E-state index in [1.54, 1.807) is 0 Å². The van der Waals surface area contributed by atoms with Gasteiger partial charge < -0.3 is 15.5 Å². The van der Waals surface area contributed by atoms with E-state index < -0.39 is 11.9 Å². The second-order valence-electron chi connectivity index (χ2n) is 6.34. The molecule has 0 amide bonds. The Kier molecular flexibility index (Phi) is 4.80. The zero-order valence-corrected chi connectivity index (χ0v) is 14.2. The normalized spacial score (nSPS) is 21.5. The number of halogens is 3. The summed E-state index contributed by atoms with van der Waals surface area (Å²) >= 11 is 5.11. The van der Waals surface area contributed by atoms with Crippen LogP contribution in [-0.2, 0) is 6.18 Å². The highest BCUT2D eigenvalue weighted by molar-refractivity contribution is 7.80. The smallest absolute Gasteiger partial charge is 0.360 e. The molecule has 1 aromatic heterocycles. The predicted octanol–water partition coefficient (Wildman–Crippen LogP) is 3.32. The van der Waals surface area contributed by atoms with E-state index >= 15 is 0 Å². The second-order valence-corrected chi connectivity index (χ2v) is 6.75. The van der Waals surface area contributed by atoms with Crippen LogP contribution >= 0.6 is 12.2 Å². The molecule has 0 radical (unpaired) electrons. The van der Waals surface area contributed by atoms with Gasteiger partial charge in [0.1, 0.15) is 5.82 Å². The Labute approximate surface area is 144 Å². The van der Waals surface area contributed by atoms with E-state index in [0.29, 0.717) is 18.4 Å². The minimum Gasteiger partial charge on any atom is -0.360 e. The third-order valence-corrected chi connectivity index (χ3v) is 4.46. The molecule has 1 aliphatic carbocycles. The lowest BCUT2D eigenvalue weighted by Gasteiger charge is -2.34. The van der Waals surface area contributed by atoms with Crippen LogP contribution in [0.2, 0.25) is 0 Å². The summed E-state index contributed by atoms with van der Waals surface area (Å²) in [5.41, 5.74) is -0.956. The Morgan fingerprint density at radius 2 is 2.00 bits per heavy atom. The van der Waals surface area contributed by atoms with Crippen molar-refractivity contribution in [2.75, 3.05) is 16.8 Å². The molecule has 9 heteroatoms. The van der Waals surface area contributed by atoms with Crippen molar-refractivity contribution >= 4 is 29.1 Å². The Hall–Kier alpha value is -1.64. The summed E-state index contributed by atoms with van der Waals surface area (Å²) in [5.74, 6) is 0.178. The van der Waals surface area contributed by atoms with Gasteiger partial charge in [-0.3, -0.25) is 0 Å². The molecule has 2 heterocycles. The number of thiocarbonyl (C=S) groups is 1. The maximum absolute atomic E-state index is 13.2. The van der Waals surface area contributed by atoms with Crippen molar-refractivity contribution in [3.05, 3.63) is 11.8 Å². The van der Waals surface area contributed by atoms with Crippen LogP contribution in [0.4, 0.5) is 24.9 Å². The monoisotopic (exact) mass is 359 g/mol. The molecule has 2 N–H and O–H groups in total. The van der Waals surface area contributed by atoms with Crippen LogP contribution in [0.15, 0.2) is 6.07 Å². The highest BCUT2D eigenvalue weighted by Crippen LogP contribution is 2.32. The van der Waals surface area contributed by atoms with Crippen molar-refractivity contribution in [3.8, 4) is 0 Å². The molecule has 3 rings (SSSR count). The largest absolute Gasteiger partial charge is 0.433 e. The number of nitrogens with one attached hydrogen (secondary N) is 2. The van der Waals surface area contributed by atoms with Gasteiger partial charge in [0.15, 0.2) is 10.8 Å². The third-order valence-electron chi connectivity index (χ3n) is 4.24. The summed E-state index contributed by atoms with van der Waals surface area (Å²) in [4.78, 5) is 9.76. The number of aromatic nitrogens is 2. The number of hydrogen-bond donors (Lipinski definition) is 2. The van der Waals surface area contributed by atoms with E-state index in [4.69, 9.17) is 12.2 Å². The fourth-order valence-corrected chi connectivity index (χ4v) is 3.03. The molecule has 2 fully saturated rings. The van der Waals surface area contributed by atoms with Gasteiger partial charge in [0, 0.05) is 24.7 Å². The summed E-state index contributed by atoms with van der Waals surface area (Å²) in [6.07, 6.45) is 0.466. The summed E-state index contributed by atoms with van der Waals surface area (Å²) in [6.45, 7) is 2.70. The Morgan fingerprint density at radius 3 is 2.62 bits per heavy atom. The van der Waals surface area contributed by atoms with Gasteiger partial charge in [0.2, 0.25) is 5.95 Å². The van der Waals surface area contributed by atoms with Crippen LogP contribution < -0.4 is 15.5 Å². The maximum atomic E-state index is 13.2. The molecule has 24 heavy (non-hydrogen) atoms. The SMILES string of the molecule is CC1CCCCN1c1cc(C(F)(F)F)nc(NC(=S)NC2CC2)n1.